The van der Waals surface area contributed by atoms with Gasteiger partial charge in [0, 0.05) is 28.9 Å². The van der Waals surface area contributed by atoms with E-state index in [1.165, 1.54) is 24.3 Å². The van der Waals surface area contributed by atoms with Gasteiger partial charge in [0.2, 0.25) is 5.82 Å². The highest BCUT2D eigenvalue weighted by molar-refractivity contribution is 5.84. The summed E-state index contributed by atoms with van der Waals surface area (Å²) in [4.78, 5) is 19.4. The van der Waals surface area contributed by atoms with Crippen molar-refractivity contribution < 1.29 is 31.7 Å². The summed E-state index contributed by atoms with van der Waals surface area (Å²) >= 11 is 0. The van der Waals surface area contributed by atoms with Gasteiger partial charge in [-0.3, -0.25) is 4.98 Å². The van der Waals surface area contributed by atoms with E-state index in [0.29, 0.717) is 11.1 Å². The van der Waals surface area contributed by atoms with Crippen molar-refractivity contribution in [1.82, 2.24) is 20.2 Å². The van der Waals surface area contributed by atoms with E-state index in [2.05, 4.69) is 19.6 Å². The van der Waals surface area contributed by atoms with Gasteiger partial charge in [-0.15, -0.1) is 5.12 Å². The maximum Gasteiger partial charge on any atom is 0.471 e. The van der Waals surface area contributed by atoms with Gasteiger partial charge in [-0.1, -0.05) is 58.2 Å². The topological polar surface area (TPSA) is 81.4 Å². The summed E-state index contributed by atoms with van der Waals surface area (Å²) < 4.78 is 61.1. The number of carbonyl (C=O) groups excluding carboxylic acids is 1. The Morgan fingerprint density at radius 2 is 1.81 bits per heavy atom. The predicted octanol–water partition coefficient (Wildman–Crippen LogP) is 5.33. The molecule has 32 heavy (non-hydrogen) atoms. The molecular formula is C21H14F4N4O3. The lowest BCUT2D eigenvalue weighted by Gasteiger charge is -2.13. The highest BCUT2D eigenvalue weighted by Gasteiger charge is 2.38. The number of aromatic nitrogens is 3. The first-order chi connectivity index (χ1) is 15.3. The number of hydrogen-bond donors (Lipinski definition) is 0. The Kier molecular flexibility index (Phi) is 5.71. The molecule has 0 spiro atoms. The summed E-state index contributed by atoms with van der Waals surface area (Å²) in [7, 11) is 0. The van der Waals surface area contributed by atoms with Crippen LogP contribution in [-0.2, 0) is 24.1 Å². The lowest BCUT2D eigenvalue weighted by molar-refractivity contribution is -0.159. The van der Waals surface area contributed by atoms with Gasteiger partial charge in [0.15, 0.2) is 0 Å². The van der Waals surface area contributed by atoms with Gasteiger partial charge in [0.1, 0.15) is 6.61 Å². The number of nitrogens with zero attached hydrogens (tertiary/aromatic N) is 4. The molecular weight excluding hydrogens is 432 g/mol. The van der Waals surface area contributed by atoms with Crippen LogP contribution in [0.15, 0.2) is 65.4 Å². The van der Waals surface area contributed by atoms with E-state index in [4.69, 9.17) is 4.74 Å². The molecule has 1 amide bonds. The SMILES string of the molecule is O=C(OCc1cncc2ccccc12)N(F)Cc1ccc(-c2noc(C(F)(F)F)n2)cc1. The van der Waals surface area contributed by atoms with Crippen molar-refractivity contribution in [2.45, 2.75) is 19.3 Å². The molecule has 11 heteroatoms. The minimum atomic E-state index is -4.75. The van der Waals surface area contributed by atoms with Gasteiger partial charge in [-0.2, -0.15) is 18.2 Å². The molecule has 0 fully saturated rings. The van der Waals surface area contributed by atoms with Crippen molar-refractivity contribution in [3.8, 4) is 11.4 Å². The quantitative estimate of drug-likeness (QED) is 0.305. The average Bonchev–Trinajstić information content (AvgIpc) is 3.29. The Bertz CT molecular complexity index is 1240. The number of alkyl halides is 3. The first kappa shape index (κ1) is 21.2. The van der Waals surface area contributed by atoms with E-state index in [0.717, 1.165) is 10.8 Å². The van der Waals surface area contributed by atoms with Gasteiger partial charge < -0.3 is 9.26 Å². The van der Waals surface area contributed by atoms with Crippen LogP contribution < -0.4 is 0 Å². The number of fused-ring (bicyclic) bond motifs is 1. The van der Waals surface area contributed by atoms with Crippen LogP contribution in [0.25, 0.3) is 22.2 Å². The van der Waals surface area contributed by atoms with E-state index in [-0.39, 0.29) is 23.1 Å². The number of ether oxygens (including phenoxy) is 1. The zero-order chi connectivity index (χ0) is 22.7. The Morgan fingerprint density at radius 1 is 1.06 bits per heavy atom. The molecule has 4 rings (SSSR count). The third-order valence-corrected chi connectivity index (χ3v) is 4.50. The maximum absolute atomic E-state index is 14.2. The number of carbonyl (C=O) groups is 1. The number of benzene rings is 2. The van der Waals surface area contributed by atoms with Gasteiger partial charge in [-0.05, 0) is 10.9 Å². The Balaban J connectivity index is 1.36. The lowest BCUT2D eigenvalue weighted by atomic mass is 10.1. The predicted molar refractivity (Wildman–Crippen MR) is 103 cm³/mol. The van der Waals surface area contributed by atoms with Crippen molar-refractivity contribution in [1.29, 1.82) is 0 Å². The van der Waals surface area contributed by atoms with E-state index in [1.807, 2.05) is 24.3 Å². The largest absolute Gasteiger partial charge is 0.471 e. The van der Waals surface area contributed by atoms with Crippen molar-refractivity contribution in [2.24, 2.45) is 0 Å². The van der Waals surface area contributed by atoms with Crippen molar-refractivity contribution in [3.05, 3.63) is 77.9 Å². The van der Waals surface area contributed by atoms with Crippen LogP contribution >= 0.6 is 0 Å². The highest BCUT2D eigenvalue weighted by Crippen LogP contribution is 2.29. The molecule has 0 N–H and O–H groups in total. The normalized spacial score (nSPS) is 11.5. The second-order valence-electron chi connectivity index (χ2n) is 6.71. The van der Waals surface area contributed by atoms with E-state index >= 15 is 0 Å². The fourth-order valence-electron chi connectivity index (χ4n) is 2.94. The average molecular weight is 446 g/mol. The lowest BCUT2D eigenvalue weighted by Crippen LogP contribution is -2.23. The minimum absolute atomic E-state index is 0.107. The molecule has 0 saturated heterocycles. The van der Waals surface area contributed by atoms with Crippen molar-refractivity contribution >= 4 is 16.9 Å². The van der Waals surface area contributed by atoms with Crippen LogP contribution in [0.2, 0.25) is 0 Å². The van der Waals surface area contributed by atoms with Crippen LogP contribution in [0.5, 0.6) is 0 Å². The van der Waals surface area contributed by atoms with Crippen LogP contribution in [0, 0.1) is 0 Å². The highest BCUT2D eigenvalue weighted by atomic mass is 19.4. The van der Waals surface area contributed by atoms with Crippen LogP contribution in [0.1, 0.15) is 17.0 Å². The molecule has 0 aliphatic heterocycles. The van der Waals surface area contributed by atoms with Gasteiger partial charge >= 0.3 is 18.2 Å². The summed E-state index contributed by atoms with van der Waals surface area (Å²) in [6.45, 7) is -0.584. The van der Waals surface area contributed by atoms with Crippen LogP contribution in [0.3, 0.4) is 0 Å². The number of halogens is 4. The number of rotatable bonds is 5. The summed E-state index contributed by atoms with van der Waals surface area (Å²) in [6, 6.07) is 13.0. The first-order valence-electron chi connectivity index (χ1n) is 9.23. The van der Waals surface area contributed by atoms with Crippen molar-refractivity contribution in [2.75, 3.05) is 0 Å². The summed E-state index contributed by atoms with van der Waals surface area (Å²) in [5, 5.41) is 4.87. The van der Waals surface area contributed by atoms with Gasteiger partial charge in [-0.25, -0.2) is 4.79 Å². The van der Waals surface area contributed by atoms with E-state index in [9.17, 15) is 22.4 Å². The second kappa shape index (κ2) is 8.61. The molecule has 2 heterocycles. The molecule has 164 valence electrons. The molecule has 0 aliphatic rings. The summed E-state index contributed by atoms with van der Waals surface area (Å²) in [6.07, 6.45) is -2.72. The smallest absolute Gasteiger partial charge is 0.443 e. The Morgan fingerprint density at radius 3 is 2.53 bits per heavy atom. The number of pyridine rings is 1. The maximum atomic E-state index is 14.2. The van der Waals surface area contributed by atoms with Gasteiger partial charge in [0.25, 0.3) is 0 Å². The van der Waals surface area contributed by atoms with Crippen molar-refractivity contribution in [3.63, 3.8) is 0 Å². The number of hydrogen-bond acceptors (Lipinski definition) is 6. The Labute approximate surface area is 178 Å². The molecule has 0 aliphatic carbocycles. The third-order valence-electron chi connectivity index (χ3n) is 4.50. The molecule has 0 atom stereocenters. The van der Waals surface area contributed by atoms with Crippen LogP contribution in [0.4, 0.5) is 22.4 Å². The summed E-state index contributed by atoms with van der Waals surface area (Å²) in [5.74, 6) is -1.72. The third kappa shape index (κ3) is 4.66. The Hall–Kier alpha value is -4.02. The molecule has 7 nitrogen and oxygen atoms in total. The standard InChI is InChI=1S/C21H14F4N4O3/c22-21(23,24)19-27-18(28-32-19)14-7-5-13(6-8-14)11-29(25)20(30)31-12-16-10-26-9-15-3-1-2-4-17(15)16/h1-10H,11-12H2. The molecule has 2 aromatic heterocycles. The molecule has 0 unspecified atom stereocenters. The first-order valence-corrected chi connectivity index (χ1v) is 9.23. The molecule has 2 aromatic carbocycles. The van der Waals surface area contributed by atoms with Crippen LogP contribution in [-0.4, -0.2) is 26.3 Å². The monoisotopic (exact) mass is 446 g/mol. The zero-order valence-corrected chi connectivity index (χ0v) is 16.2. The fraction of sp³-hybridized carbons (Fsp3) is 0.143. The number of amides is 1. The van der Waals surface area contributed by atoms with E-state index < -0.39 is 24.7 Å². The summed E-state index contributed by atoms with van der Waals surface area (Å²) in [5.41, 5.74) is 1.25. The minimum Gasteiger partial charge on any atom is -0.443 e. The van der Waals surface area contributed by atoms with Gasteiger partial charge in [0.05, 0.1) is 6.54 Å². The second-order valence-corrected chi connectivity index (χ2v) is 6.71. The molecule has 0 radical (unpaired) electrons. The molecule has 0 bridgehead atoms. The fourth-order valence-corrected chi connectivity index (χ4v) is 2.94. The van der Waals surface area contributed by atoms with E-state index in [1.54, 1.807) is 12.4 Å². The molecule has 0 saturated carbocycles. The molecule has 4 aromatic rings. The zero-order valence-electron chi connectivity index (χ0n) is 16.2.